The summed E-state index contributed by atoms with van der Waals surface area (Å²) in [7, 11) is 0. The molecule has 0 saturated heterocycles. The Morgan fingerprint density at radius 2 is 1.63 bits per heavy atom. The number of benzene rings is 1. The van der Waals surface area contributed by atoms with Crippen LogP contribution in [0.15, 0.2) is 30.3 Å². The predicted octanol–water partition coefficient (Wildman–Crippen LogP) is 4.12. The largest absolute Gasteiger partial charge is 0.462 e. The average Bonchev–Trinajstić information content (AvgIpc) is 3.19. The Kier molecular flexibility index (Phi) is 5.41. The van der Waals surface area contributed by atoms with Gasteiger partial charge in [0.2, 0.25) is 0 Å². The van der Waals surface area contributed by atoms with Gasteiger partial charge in [-0.25, -0.2) is 9.59 Å². The van der Waals surface area contributed by atoms with Crippen LogP contribution in [-0.2, 0) is 9.47 Å². The third-order valence-electron chi connectivity index (χ3n) is 4.09. The van der Waals surface area contributed by atoms with Gasteiger partial charge in [-0.1, -0.05) is 30.3 Å². The molecule has 0 fully saturated rings. The van der Waals surface area contributed by atoms with Gasteiger partial charge in [-0.2, -0.15) is 0 Å². The maximum Gasteiger partial charge on any atom is 0.355 e. The monoisotopic (exact) mass is 385 g/mol. The first-order valence-electron chi connectivity index (χ1n) is 8.58. The zero-order valence-corrected chi connectivity index (χ0v) is 16.1. The Labute approximate surface area is 160 Å². The third kappa shape index (κ3) is 3.38. The molecule has 0 spiro atoms. The molecular weight excluding hydrogens is 366 g/mol. The van der Waals surface area contributed by atoms with E-state index >= 15 is 0 Å². The number of fused-ring (bicyclic) bond motifs is 1. The number of hydrogen-bond acceptors (Lipinski definition) is 6. The second kappa shape index (κ2) is 7.75. The number of esters is 2. The molecule has 1 N–H and O–H groups in total. The fourth-order valence-electron chi connectivity index (χ4n) is 2.91. The first-order chi connectivity index (χ1) is 13.0. The van der Waals surface area contributed by atoms with Crippen LogP contribution in [0.2, 0.25) is 0 Å². The predicted molar refractivity (Wildman–Crippen MR) is 103 cm³/mol. The molecule has 2 heterocycles. The minimum atomic E-state index is -0.600. The summed E-state index contributed by atoms with van der Waals surface area (Å²) in [5.41, 5.74) is 1.39. The molecule has 0 radical (unpaired) electrons. The molecule has 6 nitrogen and oxygen atoms in total. The van der Waals surface area contributed by atoms with Gasteiger partial charge in [0.05, 0.1) is 18.8 Å². The van der Waals surface area contributed by atoms with E-state index in [0.29, 0.717) is 26.2 Å². The van der Waals surface area contributed by atoms with Gasteiger partial charge < -0.3 is 14.5 Å². The molecule has 140 valence electrons. The van der Waals surface area contributed by atoms with Crippen LogP contribution in [0.3, 0.4) is 0 Å². The molecule has 27 heavy (non-hydrogen) atoms. The number of aromatic amines is 1. The van der Waals surface area contributed by atoms with Crippen LogP contribution in [0.5, 0.6) is 0 Å². The number of ether oxygens (including phenoxy) is 2. The van der Waals surface area contributed by atoms with Crippen molar-refractivity contribution in [1.29, 1.82) is 0 Å². The molecule has 0 aliphatic carbocycles. The van der Waals surface area contributed by atoms with Gasteiger partial charge >= 0.3 is 11.9 Å². The number of aromatic nitrogens is 1. The van der Waals surface area contributed by atoms with Crippen LogP contribution in [0, 0.1) is 6.92 Å². The SMILES string of the molecule is CCOC(=O)c1[nH]c2sc(C(=O)OCC)c(C)c2c1C(=O)c1ccccc1. The Bertz CT molecular complexity index is 1020. The maximum absolute atomic E-state index is 13.2. The van der Waals surface area contributed by atoms with Gasteiger partial charge in [0.1, 0.15) is 15.4 Å². The number of H-pyrrole nitrogens is 1. The smallest absolute Gasteiger partial charge is 0.355 e. The summed E-state index contributed by atoms with van der Waals surface area (Å²) in [4.78, 5) is 41.7. The lowest BCUT2D eigenvalue weighted by molar-refractivity contribution is 0.0514. The van der Waals surface area contributed by atoms with E-state index in [0.717, 1.165) is 11.3 Å². The van der Waals surface area contributed by atoms with Crippen molar-refractivity contribution in [3.05, 3.63) is 57.6 Å². The zero-order valence-electron chi connectivity index (χ0n) is 15.3. The van der Waals surface area contributed by atoms with Gasteiger partial charge in [-0.15, -0.1) is 11.3 Å². The van der Waals surface area contributed by atoms with Crippen molar-refractivity contribution >= 4 is 39.3 Å². The number of nitrogens with one attached hydrogen (secondary N) is 1. The van der Waals surface area contributed by atoms with Crippen molar-refractivity contribution in [2.45, 2.75) is 20.8 Å². The van der Waals surface area contributed by atoms with Crippen LogP contribution in [-0.4, -0.2) is 35.9 Å². The molecule has 0 aliphatic rings. The van der Waals surface area contributed by atoms with E-state index in [1.165, 1.54) is 0 Å². The van der Waals surface area contributed by atoms with E-state index in [1.807, 2.05) is 6.07 Å². The first kappa shape index (κ1) is 18.8. The minimum Gasteiger partial charge on any atom is -0.462 e. The number of aryl methyl sites for hydroxylation is 1. The Morgan fingerprint density at radius 1 is 1.00 bits per heavy atom. The molecule has 0 amide bonds. The Balaban J connectivity index is 2.22. The lowest BCUT2D eigenvalue weighted by Crippen LogP contribution is -2.12. The molecule has 0 saturated carbocycles. The van der Waals surface area contributed by atoms with Gasteiger partial charge in [0, 0.05) is 10.9 Å². The van der Waals surface area contributed by atoms with E-state index in [2.05, 4.69) is 4.98 Å². The third-order valence-corrected chi connectivity index (χ3v) is 5.28. The summed E-state index contributed by atoms with van der Waals surface area (Å²) in [5.74, 6) is -1.35. The summed E-state index contributed by atoms with van der Waals surface area (Å²) in [6.07, 6.45) is 0. The lowest BCUT2D eigenvalue weighted by atomic mass is 9.99. The molecule has 0 unspecified atom stereocenters. The van der Waals surface area contributed by atoms with Crippen LogP contribution >= 0.6 is 11.3 Å². The fraction of sp³-hybridized carbons (Fsp3) is 0.250. The molecule has 0 aliphatic heterocycles. The average molecular weight is 385 g/mol. The molecule has 2 aromatic heterocycles. The Hall–Kier alpha value is -2.93. The van der Waals surface area contributed by atoms with Crippen molar-refractivity contribution < 1.29 is 23.9 Å². The van der Waals surface area contributed by atoms with Gasteiger partial charge in [-0.3, -0.25) is 4.79 Å². The molecule has 0 atom stereocenters. The van der Waals surface area contributed by atoms with Crippen LogP contribution < -0.4 is 0 Å². The number of carbonyl (C=O) groups excluding carboxylic acids is 3. The summed E-state index contributed by atoms with van der Waals surface area (Å²) >= 11 is 1.16. The molecule has 0 bridgehead atoms. The molecule has 3 aromatic rings. The lowest BCUT2D eigenvalue weighted by Gasteiger charge is -2.06. The molecule has 7 heteroatoms. The standard InChI is InChI=1S/C20H19NO5S/c1-4-25-19(23)15-14(16(22)12-9-7-6-8-10-12)13-11(3)17(20(24)26-5-2)27-18(13)21-15/h6-10,21H,4-5H2,1-3H3. The molecular formula is C20H19NO5S. The van der Waals surface area contributed by atoms with Gasteiger partial charge in [0.25, 0.3) is 0 Å². The van der Waals surface area contributed by atoms with E-state index < -0.39 is 11.9 Å². The first-order valence-corrected chi connectivity index (χ1v) is 9.40. The van der Waals surface area contributed by atoms with Crippen LogP contribution in [0.1, 0.15) is 55.5 Å². The van der Waals surface area contributed by atoms with Gasteiger partial charge in [-0.05, 0) is 26.3 Å². The quantitative estimate of drug-likeness (QED) is 0.509. The van der Waals surface area contributed by atoms with Crippen molar-refractivity contribution in [1.82, 2.24) is 4.98 Å². The van der Waals surface area contributed by atoms with E-state index in [-0.39, 0.29) is 30.3 Å². The van der Waals surface area contributed by atoms with Gasteiger partial charge in [0.15, 0.2) is 5.78 Å². The van der Waals surface area contributed by atoms with Crippen LogP contribution in [0.25, 0.3) is 10.2 Å². The van der Waals surface area contributed by atoms with Crippen molar-refractivity contribution in [3.8, 4) is 0 Å². The van der Waals surface area contributed by atoms with Crippen LogP contribution in [0.4, 0.5) is 0 Å². The van der Waals surface area contributed by atoms with E-state index in [9.17, 15) is 14.4 Å². The Morgan fingerprint density at radius 3 is 2.26 bits per heavy atom. The fourth-order valence-corrected chi connectivity index (χ4v) is 4.02. The summed E-state index contributed by atoms with van der Waals surface area (Å²) in [5, 5.41) is 0.556. The second-order valence-corrected chi connectivity index (χ2v) is 6.79. The van der Waals surface area contributed by atoms with E-state index in [1.54, 1.807) is 45.0 Å². The second-order valence-electron chi connectivity index (χ2n) is 5.77. The number of ketones is 1. The van der Waals surface area contributed by atoms with Crippen molar-refractivity contribution in [3.63, 3.8) is 0 Å². The number of thiophene rings is 1. The minimum absolute atomic E-state index is 0.102. The highest BCUT2D eigenvalue weighted by atomic mass is 32.1. The highest BCUT2D eigenvalue weighted by Crippen LogP contribution is 2.36. The normalized spacial score (nSPS) is 10.8. The topological polar surface area (TPSA) is 85.5 Å². The highest BCUT2D eigenvalue weighted by molar-refractivity contribution is 7.20. The number of carbonyl (C=O) groups is 3. The summed E-state index contributed by atoms with van der Waals surface area (Å²) in [6, 6.07) is 8.69. The highest BCUT2D eigenvalue weighted by Gasteiger charge is 2.30. The molecule has 3 rings (SSSR count). The van der Waals surface area contributed by atoms with E-state index in [4.69, 9.17) is 9.47 Å². The summed E-state index contributed by atoms with van der Waals surface area (Å²) < 4.78 is 10.2. The zero-order chi connectivity index (χ0) is 19.6. The maximum atomic E-state index is 13.2. The molecule has 1 aromatic carbocycles. The summed E-state index contributed by atoms with van der Waals surface area (Å²) in [6.45, 7) is 5.63. The number of rotatable bonds is 6. The van der Waals surface area contributed by atoms with Crippen molar-refractivity contribution in [2.24, 2.45) is 0 Å². The van der Waals surface area contributed by atoms with Crippen molar-refractivity contribution in [2.75, 3.05) is 13.2 Å². The number of hydrogen-bond donors (Lipinski definition) is 1.